The molecule has 0 aliphatic rings. The molecule has 0 aliphatic carbocycles. The van der Waals surface area contributed by atoms with Crippen molar-refractivity contribution >= 4 is 11.9 Å². The first kappa shape index (κ1) is 16.4. The number of hydrogen-bond acceptors (Lipinski definition) is 4. The van der Waals surface area contributed by atoms with Gasteiger partial charge in [0.25, 0.3) is 5.91 Å². The molecule has 1 heterocycles. The van der Waals surface area contributed by atoms with Gasteiger partial charge in [0, 0.05) is 6.20 Å². The maximum atomic E-state index is 12.1. The Kier molecular flexibility index (Phi) is 6.67. The van der Waals surface area contributed by atoms with Crippen molar-refractivity contribution in [3.8, 4) is 5.75 Å². The maximum absolute atomic E-state index is 12.1. The molecule has 0 spiro atoms. The summed E-state index contributed by atoms with van der Waals surface area (Å²) in [4.78, 5) is 27.2. The van der Waals surface area contributed by atoms with Crippen LogP contribution in [-0.4, -0.2) is 34.6 Å². The van der Waals surface area contributed by atoms with Crippen LogP contribution < -0.4 is 10.1 Å². The van der Waals surface area contributed by atoms with E-state index in [1.54, 1.807) is 37.3 Å². The first-order valence-electron chi connectivity index (χ1n) is 6.43. The normalized spacial score (nSPS) is 11.9. The number of carbonyl (C=O) groups is 2. The molecule has 0 aromatic carbocycles. The SMILES string of the molecule is C=CCOc1cccnc1C(=O)NC(C/C=C/C)C(=O)O. The van der Waals surface area contributed by atoms with E-state index in [1.807, 2.05) is 0 Å². The zero-order valence-electron chi connectivity index (χ0n) is 11.8. The zero-order chi connectivity index (χ0) is 15.7. The van der Waals surface area contributed by atoms with E-state index in [0.717, 1.165) is 0 Å². The van der Waals surface area contributed by atoms with Crippen molar-refractivity contribution in [2.45, 2.75) is 19.4 Å². The lowest BCUT2D eigenvalue weighted by Gasteiger charge is -2.14. The Labute approximate surface area is 123 Å². The van der Waals surface area contributed by atoms with Crippen LogP contribution in [0.25, 0.3) is 0 Å². The molecule has 21 heavy (non-hydrogen) atoms. The number of aliphatic carboxylic acids is 1. The number of carboxylic acids is 1. The van der Waals surface area contributed by atoms with Gasteiger partial charge < -0.3 is 15.2 Å². The van der Waals surface area contributed by atoms with Crippen molar-refractivity contribution < 1.29 is 19.4 Å². The summed E-state index contributed by atoms with van der Waals surface area (Å²) in [5.41, 5.74) is 0.0473. The lowest BCUT2D eigenvalue weighted by atomic mass is 10.2. The standard InChI is InChI=1S/C15H18N2O4/c1-3-5-7-11(15(19)20)17-14(18)13-12(21-10-4-2)8-6-9-16-13/h3-6,8-9,11H,2,7,10H2,1H3,(H,17,18)(H,19,20)/b5-3+. The third-order valence-electron chi connectivity index (χ3n) is 2.55. The van der Waals surface area contributed by atoms with Crippen LogP contribution in [0, 0.1) is 0 Å². The van der Waals surface area contributed by atoms with Gasteiger partial charge in [-0.25, -0.2) is 9.78 Å². The van der Waals surface area contributed by atoms with Crippen LogP contribution in [0.3, 0.4) is 0 Å². The molecule has 2 N–H and O–H groups in total. The molecule has 1 amide bonds. The Morgan fingerprint density at radius 3 is 2.95 bits per heavy atom. The maximum Gasteiger partial charge on any atom is 0.326 e. The smallest absolute Gasteiger partial charge is 0.326 e. The van der Waals surface area contributed by atoms with Crippen molar-refractivity contribution in [2.75, 3.05) is 6.61 Å². The minimum absolute atomic E-state index is 0.0473. The van der Waals surface area contributed by atoms with Crippen LogP contribution in [0.2, 0.25) is 0 Å². The molecule has 6 nitrogen and oxygen atoms in total. The first-order chi connectivity index (χ1) is 10.1. The summed E-state index contributed by atoms with van der Waals surface area (Å²) in [6.07, 6.45) is 6.58. The fourth-order valence-electron chi connectivity index (χ4n) is 1.55. The minimum atomic E-state index is -1.11. The van der Waals surface area contributed by atoms with Crippen LogP contribution in [0.1, 0.15) is 23.8 Å². The van der Waals surface area contributed by atoms with Crippen LogP contribution in [0.4, 0.5) is 0 Å². The fourth-order valence-corrected chi connectivity index (χ4v) is 1.55. The average molecular weight is 290 g/mol. The molecular weight excluding hydrogens is 272 g/mol. The summed E-state index contributed by atoms with van der Waals surface area (Å²) in [7, 11) is 0. The number of rotatable bonds is 8. The predicted octanol–water partition coefficient (Wildman–Crippen LogP) is 1.80. The third kappa shape index (κ3) is 5.10. The van der Waals surface area contributed by atoms with E-state index in [2.05, 4.69) is 16.9 Å². The molecule has 1 aromatic rings. The lowest BCUT2D eigenvalue weighted by molar-refractivity contribution is -0.139. The van der Waals surface area contributed by atoms with Crippen LogP contribution >= 0.6 is 0 Å². The van der Waals surface area contributed by atoms with Gasteiger partial charge in [0.05, 0.1) is 0 Å². The molecule has 112 valence electrons. The highest BCUT2D eigenvalue weighted by Gasteiger charge is 2.22. The molecule has 0 bridgehead atoms. The van der Waals surface area contributed by atoms with Gasteiger partial charge in [-0.15, -0.1) is 0 Å². The second-order valence-electron chi connectivity index (χ2n) is 4.12. The van der Waals surface area contributed by atoms with Gasteiger partial charge in [-0.2, -0.15) is 0 Å². The van der Waals surface area contributed by atoms with Crippen LogP contribution in [-0.2, 0) is 4.79 Å². The quantitative estimate of drug-likeness (QED) is 0.713. The summed E-state index contributed by atoms with van der Waals surface area (Å²) in [6, 6.07) is 2.21. The molecule has 1 aromatic heterocycles. The van der Waals surface area contributed by atoms with E-state index in [9.17, 15) is 9.59 Å². The Balaban J connectivity index is 2.86. The largest absolute Gasteiger partial charge is 0.487 e. The van der Waals surface area contributed by atoms with Crippen molar-refractivity contribution in [1.82, 2.24) is 10.3 Å². The summed E-state index contributed by atoms with van der Waals surface area (Å²) < 4.78 is 5.33. The van der Waals surface area contributed by atoms with Gasteiger partial charge >= 0.3 is 5.97 Å². The predicted molar refractivity (Wildman–Crippen MR) is 78.3 cm³/mol. The van der Waals surface area contributed by atoms with E-state index in [0.29, 0.717) is 0 Å². The minimum Gasteiger partial charge on any atom is -0.487 e. The molecule has 1 unspecified atom stereocenters. The molecule has 0 saturated carbocycles. The third-order valence-corrected chi connectivity index (χ3v) is 2.55. The molecule has 6 heteroatoms. The highest BCUT2D eigenvalue weighted by Crippen LogP contribution is 2.15. The number of hydrogen-bond donors (Lipinski definition) is 2. The molecule has 0 fully saturated rings. The van der Waals surface area contributed by atoms with E-state index in [1.165, 1.54) is 6.20 Å². The highest BCUT2D eigenvalue weighted by molar-refractivity contribution is 5.97. The summed E-state index contributed by atoms with van der Waals surface area (Å²) >= 11 is 0. The molecule has 0 aliphatic heterocycles. The van der Waals surface area contributed by atoms with Crippen LogP contribution in [0.5, 0.6) is 5.75 Å². The second-order valence-corrected chi connectivity index (χ2v) is 4.12. The number of pyridine rings is 1. The second kappa shape index (κ2) is 8.52. The lowest BCUT2D eigenvalue weighted by Crippen LogP contribution is -2.40. The van der Waals surface area contributed by atoms with Crippen LogP contribution in [0.15, 0.2) is 43.1 Å². The number of carbonyl (C=O) groups excluding carboxylic acids is 1. The Morgan fingerprint density at radius 1 is 1.57 bits per heavy atom. The average Bonchev–Trinajstić information content (AvgIpc) is 2.49. The van der Waals surface area contributed by atoms with Gasteiger partial charge in [0.1, 0.15) is 12.6 Å². The van der Waals surface area contributed by atoms with Gasteiger partial charge in [0.15, 0.2) is 11.4 Å². The van der Waals surface area contributed by atoms with Crippen molar-refractivity contribution in [3.05, 3.63) is 48.8 Å². The Bertz CT molecular complexity index is 540. The molecule has 1 rings (SSSR count). The number of allylic oxidation sites excluding steroid dienone is 1. The number of nitrogens with zero attached hydrogens (tertiary/aromatic N) is 1. The summed E-state index contributed by atoms with van der Waals surface area (Å²) in [5.74, 6) is -1.41. The Morgan fingerprint density at radius 2 is 2.33 bits per heavy atom. The Hall–Kier alpha value is -2.63. The fraction of sp³-hybridized carbons (Fsp3) is 0.267. The van der Waals surface area contributed by atoms with E-state index < -0.39 is 17.9 Å². The van der Waals surface area contributed by atoms with E-state index >= 15 is 0 Å². The van der Waals surface area contributed by atoms with E-state index in [4.69, 9.17) is 9.84 Å². The van der Waals surface area contributed by atoms with Crippen molar-refractivity contribution in [3.63, 3.8) is 0 Å². The molecule has 0 saturated heterocycles. The molecule has 0 radical (unpaired) electrons. The monoisotopic (exact) mass is 290 g/mol. The molecule has 1 atom stereocenters. The van der Waals surface area contributed by atoms with Gasteiger partial charge in [0.2, 0.25) is 0 Å². The number of carboxylic acid groups (broad SMARTS) is 1. The van der Waals surface area contributed by atoms with Crippen molar-refractivity contribution in [1.29, 1.82) is 0 Å². The van der Waals surface area contributed by atoms with Gasteiger partial charge in [-0.05, 0) is 25.5 Å². The molecular formula is C15H18N2O4. The number of nitrogens with one attached hydrogen (secondary N) is 1. The number of amides is 1. The summed E-state index contributed by atoms with van der Waals surface area (Å²) in [6.45, 7) is 5.53. The first-order valence-corrected chi connectivity index (χ1v) is 6.43. The number of aromatic nitrogens is 1. The highest BCUT2D eigenvalue weighted by atomic mass is 16.5. The zero-order valence-corrected chi connectivity index (χ0v) is 11.8. The van der Waals surface area contributed by atoms with Gasteiger partial charge in [-0.3, -0.25) is 4.79 Å². The topological polar surface area (TPSA) is 88.5 Å². The number of ether oxygens (including phenoxy) is 1. The van der Waals surface area contributed by atoms with Gasteiger partial charge in [-0.1, -0.05) is 24.8 Å². The van der Waals surface area contributed by atoms with Crippen molar-refractivity contribution in [2.24, 2.45) is 0 Å². The summed E-state index contributed by atoms with van der Waals surface area (Å²) in [5, 5.41) is 11.5. The van der Waals surface area contributed by atoms with E-state index in [-0.39, 0.29) is 24.5 Å².